The van der Waals surface area contributed by atoms with E-state index in [1.54, 1.807) is 13.3 Å². The Labute approximate surface area is 177 Å². The highest BCUT2D eigenvalue weighted by atomic mass is 16.5. The van der Waals surface area contributed by atoms with Crippen molar-refractivity contribution in [1.82, 2.24) is 14.9 Å². The molecule has 1 aliphatic rings. The van der Waals surface area contributed by atoms with Gasteiger partial charge in [0.1, 0.15) is 5.75 Å². The molecule has 0 fully saturated rings. The van der Waals surface area contributed by atoms with Gasteiger partial charge in [0, 0.05) is 59.0 Å². The van der Waals surface area contributed by atoms with Crippen LogP contribution in [0, 0.1) is 0 Å². The molecule has 4 aromatic rings. The summed E-state index contributed by atoms with van der Waals surface area (Å²) < 4.78 is 7.36. The largest absolute Gasteiger partial charge is 0.497 e. The van der Waals surface area contributed by atoms with Crippen molar-refractivity contribution in [3.8, 4) is 5.75 Å². The standard InChI is InChI=1S/C24H21N3O4/c1-31-14-7-8-16-18(13-27(9-4-10-28)20(16)11-14)22-21(23(29)26-24(22)30)17-12-25-19-6-3-2-5-15(17)19/h2-3,5-8,11-13,25,28H,4,9-10H2,1H3,(H,26,29,30). The normalized spacial score (nSPS) is 14.1. The van der Waals surface area contributed by atoms with E-state index < -0.39 is 11.8 Å². The highest BCUT2D eigenvalue weighted by molar-refractivity contribution is 6.50. The van der Waals surface area contributed by atoms with Gasteiger partial charge in [0.15, 0.2) is 0 Å². The van der Waals surface area contributed by atoms with Crippen LogP contribution >= 0.6 is 0 Å². The lowest BCUT2D eigenvalue weighted by Crippen LogP contribution is -2.22. The van der Waals surface area contributed by atoms with Crippen LogP contribution in [0.3, 0.4) is 0 Å². The number of aliphatic hydroxyl groups is 1. The van der Waals surface area contributed by atoms with Crippen molar-refractivity contribution in [2.24, 2.45) is 0 Å². The van der Waals surface area contributed by atoms with Crippen LogP contribution in [0.15, 0.2) is 54.9 Å². The number of hydrogen-bond donors (Lipinski definition) is 3. The average Bonchev–Trinajstić information content (AvgIpc) is 3.44. The van der Waals surface area contributed by atoms with Gasteiger partial charge in [-0.05, 0) is 24.6 Å². The molecular formula is C24H21N3O4. The van der Waals surface area contributed by atoms with Crippen molar-refractivity contribution in [2.75, 3.05) is 13.7 Å². The number of carbonyl (C=O) groups is 2. The Morgan fingerprint density at radius 3 is 2.55 bits per heavy atom. The van der Waals surface area contributed by atoms with E-state index in [0.717, 1.165) is 21.8 Å². The average molecular weight is 415 g/mol. The molecule has 7 heteroatoms. The van der Waals surface area contributed by atoms with E-state index in [1.807, 2.05) is 53.2 Å². The van der Waals surface area contributed by atoms with E-state index in [9.17, 15) is 14.7 Å². The maximum absolute atomic E-state index is 12.9. The SMILES string of the molecule is COc1ccc2c(C3=C(c4c[nH]c5ccccc45)C(=O)NC3=O)cn(CCCO)c2c1. The van der Waals surface area contributed by atoms with Gasteiger partial charge in [-0.3, -0.25) is 14.9 Å². The highest BCUT2D eigenvalue weighted by Crippen LogP contribution is 2.39. The third-order valence-electron chi connectivity index (χ3n) is 5.71. The van der Waals surface area contributed by atoms with Crippen LogP contribution in [0.5, 0.6) is 5.75 Å². The molecular weight excluding hydrogens is 394 g/mol. The first kappa shape index (κ1) is 19.1. The molecule has 3 N–H and O–H groups in total. The number of fused-ring (bicyclic) bond motifs is 2. The lowest BCUT2D eigenvalue weighted by molar-refractivity contribution is -0.122. The number of aryl methyl sites for hydroxylation is 1. The molecule has 2 aromatic carbocycles. The number of hydrogen-bond acceptors (Lipinski definition) is 4. The number of nitrogens with one attached hydrogen (secondary N) is 2. The number of benzene rings is 2. The van der Waals surface area contributed by atoms with Crippen LogP contribution in [0.2, 0.25) is 0 Å². The summed E-state index contributed by atoms with van der Waals surface area (Å²) in [4.78, 5) is 29.0. The molecule has 7 nitrogen and oxygen atoms in total. The van der Waals surface area contributed by atoms with Gasteiger partial charge in [0.25, 0.3) is 11.8 Å². The number of ether oxygens (including phenoxy) is 1. The Balaban J connectivity index is 1.79. The Hall–Kier alpha value is -3.84. The lowest BCUT2D eigenvalue weighted by Gasteiger charge is -2.05. The fraction of sp³-hybridized carbons (Fsp3) is 0.167. The molecule has 3 heterocycles. The molecule has 31 heavy (non-hydrogen) atoms. The van der Waals surface area contributed by atoms with E-state index in [4.69, 9.17) is 4.74 Å². The Morgan fingerprint density at radius 2 is 1.77 bits per heavy atom. The quantitative estimate of drug-likeness (QED) is 0.422. The second-order valence-corrected chi connectivity index (χ2v) is 7.48. The van der Waals surface area contributed by atoms with Crippen molar-refractivity contribution in [2.45, 2.75) is 13.0 Å². The van der Waals surface area contributed by atoms with Crippen LogP contribution in [0.4, 0.5) is 0 Å². The zero-order valence-corrected chi connectivity index (χ0v) is 16.9. The van der Waals surface area contributed by atoms with Crippen LogP contribution in [-0.4, -0.2) is 40.2 Å². The van der Waals surface area contributed by atoms with Crippen LogP contribution in [0.25, 0.3) is 33.0 Å². The van der Waals surface area contributed by atoms with Gasteiger partial charge in [-0.2, -0.15) is 0 Å². The minimum atomic E-state index is -0.415. The van der Waals surface area contributed by atoms with Gasteiger partial charge in [0.05, 0.1) is 23.8 Å². The Kier molecular flexibility index (Phi) is 4.60. The third kappa shape index (κ3) is 3.02. The molecule has 156 valence electrons. The molecule has 0 aliphatic carbocycles. The first-order valence-electron chi connectivity index (χ1n) is 10.1. The number of H-pyrrole nitrogens is 1. The number of methoxy groups -OCH3 is 1. The molecule has 0 spiro atoms. The van der Waals surface area contributed by atoms with Crippen molar-refractivity contribution in [3.05, 3.63) is 66.0 Å². The number of rotatable bonds is 6. The van der Waals surface area contributed by atoms with Gasteiger partial charge >= 0.3 is 0 Å². The number of aliphatic hydroxyl groups excluding tert-OH is 1. The van der Waals surface area contributed by atoms with Crippen LogP contribution < -0.4 is 10.1 Å². The number of para-hydroxylation sites is 1. The fourth-order valence-corrected chi connectivity index (χ4v) is 4.27. The second-order valence-electron chi connectivity index (χ2n) is 7.48. The fourth-order valence-electron chi connectivity index (χ4n) is 4.27. The summed E-state index contributed by atoms with van der Waals surface area (Å²) in [5.74, 6) is -0.128. The molecule has 2 amide bonds. The van der Waals surface area contributed by atoms with E-state index >= 15 is 0 Å². The molecule has 0 saturated carbocycles. The minimum Gasteiger partial charge on any atom is -0.497 e. The summed E-state index contributed by atoms with van der Waals surface area (Å²) in [5, 5.41) is 13.5. The summed E-state index contributed by atoms with van der Waals surface area (Å²) in [7, 11) is 1.60. The molecule has 0 unspecified atom stereocenters. The maximum atomic E-state index is 12.9. The van der Waals surface area contributed by atoms with Crippen LogP contribution in [0.1, 0.15) is 17.5 Å². The topological polar surface area (TPSA) is 96.4 Å². The number of amides is 2. The molecule has 0 atom stereocenters. The number of imide groups is 1. The van der Waals surface area contributed by atoms with Crippen molar-refractivity contribution >= 4 is 44.8 Å². The highest BCUT2D eigenvalue weighted by Gasteiger charge is 2.35. The molecule has 0 saturated heterocycles. The van der Waals surface area contributed by atoms with E-state index in [1.165, 1.54) is 0 Å². The summed E-state index contributed by atoms with van der Waals surface area (Å²) in [5.41, 5.74) is 3.86. The Bertz CT molecular complexity index is 1380. The summed E-state index contributed by atoms with van der Waals surface area (Å²) >= 11 is 0. The zero-order valence-electron chi connectivity index (χ0n) is 16.9. The van der Waals surface area contributed by atoms with Crippen molar-refractivity contribution in [3.63, 3.8) is 0 Å². The number of carbonyl (C=O) groups excluding carboxylic acids is 2. The Morgan fingerprint density at radius 1 is 1.00 bits per heavy atom. The molecule has 0 radical (unpaired) electrons. The third-order valence-corrected chi connectivity index (χ3v) is 5.71. The first-order valence-corrected chi connectivity index (χ1v) is 10.1. The molecule has 2 aromatic heterocycles. The van der Waals surface area contributed by atoms with E-state index in [0.29, 0.717) is 41.0 Å². The van der Waals surface area contributed by atoms with Gasteiger partial charge < -0.3 is 19.4 Å². The summed E-state index contributed by atoms with van der Waals surface area (Å²) in [6, 6.07) is 13.3. The lowest BCUT2D eigenvalue weighted by atomic mass is 9.95. The van der Waals surface area contributed by atoms with Crippen molar-refractivity contribution < 1.29 is 19.4 Å². The minimum absolute atomic E-state index is 0.0568. The van der Waals surface area contributed by atoms with Gasteiger partial charge in [-0.1, -0.05) is 18.2 Å². The van der Waals surface area contributed by atoms with Gasteiger partial charge in [0.2, 0.25) is 0 Å². The second kappa shape index (κ2) is 7.45. The number of nitrogens with zero attached hydrogens (tertiary/aromatic N) is 1. The number of aromatic amines is 1. The van der Waals surface area contributed by atoms with E-state index in [2.05, 4.69) is 10.3 Å². The smallest absolute Gasteiger partial charge is 0.259 e. The van der Waals surface area contributed by atoms with Gasteiger partial charge in [-0.15, -0.1) is 0 Å². The molecule has 0 bridgehead atoms. The zero-order chi connectivity index (χ0) is 21.5. The summed E-state index contributed by atoms with van der Waals surface area (Å²) in [6.07, 6.45) is 4.22. The van der Waals surface area contributed by atoms with Crippen molar-refractivity contribution in [1.29, 1.82) is 0 Å². The maximum Gasteiger partial charge on any atom is 0.259 e. The molecule has 1 aliphatic heterocycles. The molecule has 5 rings (SSSR count). The van der Waals surface area contributed by atoms with Crippen LogP contribution in [-0.2, 0) is 16.1 Å². The number of aromatic nitrogens is 2. The predicted octanol–water partition coefficient (Wildman–Crippen LogP) is 3.08. The first-order chi connectivity index (χ1) is 15.1. The predicted molar refractivity (Wildman–Crippen MR) is 118 cm³/mol. The monoisotopic (exact) mass is 415 g/mol. The summed E-state index contributed by atoms with van der Waals surface area (Å²) in [6.45, 7) is 0.632. The van der Waals surface area contributed by atoms with E-state index in [-0.39, 0.29) is 6.61 Å². The van der Waals surface area contributed by atoms with Gasteiger partial charge in [-0.25, -0.2) is 0 Å².